The third-order valence-electron chi connectivity index (χ3n) is 8.92. The van der Waals surface area contributed by atoms with Gasteiger partial charge in [-0.3, -0.25) is 14.5 Å². The summed E-state index contributed by atoms with van der Waals surface area (Å²) in [7, 11) is 1.62. The monoisotopic (exact) mass is 556 g/mol. The van der Waals surface area contributed by atoms with Crippen LogP contribution < -0.4 is 4.74 Å². The summed E-state index contributed by atoms with van der Waals surface area (Å²) in [4.78, 5) is 36.6. The van der Waals surface area contributed by atoms with Crippen molar-refractivity contribution in [1.29, 1.82) is 0 Å². The van der Waals surface area contributed by atoms with Gasteiger partial charge in [0.2, 0.25) is 5.91 Å². The predicted molar refractivity (Wildman–Crippen MR) is 162 cm³/mol. The third kappa shape index (κ3) is 7.69. The Morgan fingerprint density at radius 2 is 1.80 bits per heavy atom. The van der Waals surface area contributed by atoms with E-state index in [1.54, 1.807) is 20.1 Å². The van der Waals surface area contributed by atoms with Gasteiger partial charge in [-0.25, -0.2) is 0 Å². The summed E-state index contributed by atoms with van der Waals surface area (Å²) < 4.78 is 5.50. The van der Waals surface area contributed by atoms with Crippen molar-refractivity contribution in [3.63, 3.8) is 0 Å². The molecule has 1 N–H and O–H groups in total. The van der Waals surface area contributed by atoms with Gasteiger partial charge in [0, 0.05) is 74.3 Å². The summed E-state index contributed by atoms with van der Waals surface area (Å²) in [6, 6.07) is 18.4. The molecular formula is C34H44N4O3. The van der Waals surface area contributed by atoms with Crippen molar-refractivity contribution in [1.82, 2.24) is 19.7 Å². The van der Waals surface area contributed by atoms with E-state index in [4.69, 9.17) is 4.74 Å². The largest absolute Gasteiger partial charge is 0.496 e. The number of piperidine rings is 2. The zero-order valence-electron chi connectivity index (χ0n) is 24.7. The van der Waals surface area contributed by atoms with E-state index in [1.165, 1.54) is 43.3 Å². The molecule has 2 aromatic carbocycles. The highest BCUT2D eigenvalue weighted by atomic mass is 16.5. The number of aromatic nitrogens is 1. The molecule has 1 amide bonds. The van der Waals surface area contributed by atoms with Crippen LogP contribution in [0.15, 0.2) is 42.6 Å². The molecule has 1 atom stereocenters. The maximum atomic E-state index is 13.5. The van der Waals surface area contributed by atoms with Crippen LogP contribution >= 0.6 is 0 Å². The van der Waals surface area contributed by atoms with Crippen LogP contribution in [-0.4, -0.2) is 83.8 Å². The molecule has 7 nitrogen and oxygen atoms in total. The second kappa shape index (κ2) is 14.0. The smallest absolute Gasteiger partial charge is 0.219 e. The number of likely N-dealkylation sites (tertiary alicyclic amines) is 2. The van der Waals surface area contributed by atoms with E-state index >= 15 is 0 Å². The SMILES string of the molecule is COc1cc#ccc1CN(C[C@@H](CC(=O)CN1CCC(N2CCCCC2)CC1)Cc1c[nH]c2ccccc12)C(C)=O. The fraction of sp³-hybridized carbons (Fsp3) is 0.529. The van der Waals surface area contributed by atoms with E-state index in [0.717, 1.165) is 43.4 Å². The first-order chi connectivity index (χ1) is 20.0. The van der Waals surface area contributed by atoms with E-state index in [1.807, 2.05) is 23.1 Å². The van der Waals surface area contributed by atoms with Gasteiger partial charge >= 0.3 is 0 Å². The van der Waals surface area contributed by atoms with Crippen molar-refractivity contribution in [3.8, 4) is 5.75 Å². The molecule has 2 saturated heterocycles. The molecule has 0 aliphatic carbocycles. The van der Waals surface area contributed by atoms with Gasteiger partial charge < -0.3 is 19.5 Å². The van der Waals surface area contributed by atoms with Crippen molar-refractivity contribution in [2.75, 3.05) is 46.4 Å². The number of methoxy groups -OCH3 is 1. The quantitative estimate of drug-likeness (QED) is 0.344. The molecular weight excluding hydrogens is 512 g/mol. The van der Waals surface area contributed by atoms with E-state index in [2.05, 4.69) is 45.2 Å². The molecule has 2 fully saturated rings. The number of rotatable bonds is 12. The zero-order valence-corrected chi connectivity index (χ0v) is 24.7. The number of ketones is 1. The molecule has 3 aromatic rings. The Bertz CT molecular complexity index is 1290. The standard InChI is InChI=1S/C34H44N4O3/c1-26(39)38(24-28-10-4-7-13-34(28)41-2)23-27(20-29-22-35-33-12-6-5-11-32(29)33)21-31(40)25-36-18-14-30(15-19-36)37-16-8-3-9-17-37/h5-6,10-13,22,27,30,35H,3,8-9,14-21,23-25H2,1-2H3/t27-/m1/s1. The Balaban J connectivity index is 1.25. The van der Waals surface area contributed by atoms with Crippen molar-refractivity contribution >= 4 is 22.6 Å². The van der Waals surface area contributed by atoms with Crippen molar-refractivity contribution in [3.05, 3.63) is 65.9 Å². The van der Waals surface area contributed by atoms with Crippen LogP contribution in [0.25, 0.3) is 10.9 Å². The van der Waals surface area contributed by atoms with Gasteiger partial charge in [-0.2, -0.15) is 0 Å². The van der Waals surface area contributed by atoms with Crippen LogP contribution in [0.4, 0.5) is 0 Å². The first kappa shape index (κ1) is 29.2. The van der Waals surface area contributed by atoms with Crippen LogP contribution in [0.2, 0.25) is 0 Å². The second-order valence-electron chi connectivity index (χ2n) is 11.8. The molecule has 41 heavy (non-hydrogen) atoms. The summed E-state index contributed by atoms with van der Waals surface area (Å²) in [5.41, 5.74) is 3.16. The van der Waals surface area contributed by atoms with E-state index in [9.17, 15) is 9.59 Å². The number of ether oxygens (including phenoxy) is 1. The number of Topliss-reactive ketones (excluding diaryl/α,β-unsaturated/α-hetero) is 1. The lowest BCUT2D eigenvalue weighted by molar-refractivity contribution is -0.131. The van der Waals surface area contributed by atoms with Crippen molar-refractivity contribution in [2.45, 2.75) is 64.5 Å². The van der Waals surface area contributed by atoms with Crippen molar-refractivity contribution in [2.24, 2.45) is 5.92 Å². The number of para-hydroxylation sites is 1. The lowest BCUT2D eigenvalue weighted by Gasteiger charge is -2.40. The van der Waals surface area contributed by atoms with Crippen molar-refractivity contribution < 1.29 is 14.3 Å². The van der Waals surface area contributed by atoms with Gasteiger partial charge in [-0.15, -0.1) is 0 Å². The molecule has 2 aliphatic rings. The number of nitrogens with one attached hydrogen (secondary N) is 1. The zero-order chi connectivity index (χ0) is 28.6. The fourth-order valence-corrected chi connectivity index (χ4v) is 6.71. The number of amides is 1. The Morgan fingerprint density at radius 1 is 1.05 bits per heavy atom. The lowest BCUT2D eigenvalue weighted by Crippen LogP contribution is -2.47. The summed E-state index contributed by atoms with van der Waals surface area (Å²) in [5, 5.41) is 1.17. The summed E-state index contributed by atoms with van der Waals surface area (Å²) >= 11 is 0. The summed E-state index contributed by atoms with van der Waals surface area (Å²) in [5.74, 6) is 0.931. The third-order valence-corrected chi connectivity index (χ3v) is 8.92. The van der Waals surface area contributed by atoms with Crippen LogP contribution in [0, 0.1) is 18.1 Å². The highest BCUT2D eigenvalue weighted by molar-refractivity contribution is 5.84. The molecule has 7 heteroatoms. The Morgan fingerprint density at radius 3 is 2.56 bits per heavy atom. The minimum Gasteiger partial charge on any atom is -0.496 e. The average Bonchev–Trinajstić information content (AvgIpc) is 3.40. The number of fused-ring (bicyclic) bond motifs is 1. The highest BCUT2D eigenvalue weighted by Crippen LogP contribution is 2.26. The number of hydrogen-bond donors (Lipinski definition) is 1. The van der Waals surface area contributed by atoms with E-state index in [-0.39, 0.29) is 17.6 Å². The highest BCUT2D eigenvalue weighted by Gasteiger charge is 2.28. The molecule has 1 aromatic heterocycles. The average molecular weight is 557 g/mol. The van der Waals surface area contributed by atoms with Gasteiger partial charge in [-0.1, -0.05) is 36.8 Å². The minimum absolute atomic E-state index is 0.00162. The Labute approximate surface area is 244 Å². The van der Waals surface area contributed by atoms with Gasteiger partial charge in [0.1, 0.15) is 11.5 Å². The topological polar surface area (TPSA) is 68.9 Å². The number of nitrogens with zero attached hydrogens (tertiary/aromatic N) is 3. The lowest BCUT2D eigenvalue weighted by atomic mass is 9.92. The van der Waals surface area contributed by atoms with E-state index in [0.29, 0.717) is 37.8 Å². The molecule has 218 valence electrons. The van der Waals surface area contributed by atoms with Crippen LogP contribution in [-0.2, 0) is 22.6 Å². The van der Waals surface area contributed by atoms with Crippen LogP contribution in [0.5, 0.6) is 5.75 Å². The van der Waals surface area contributed by atoms with Gasteiger partial charge in [0.25, 0.3) is 0 Å². The number of aromatic amines is 1. The normalized spacial score (nSPS) is 17.7. The molecule has 2 aliphatic heterocycles. The van der Waals surface area contributed by atoms with Gasteiger partial charge in [0.15, 0.2) is 0 Å². The summed E-state index contributed by atoms with van der Waals surface area (Å²) in [6.45, 7) is 7.44. The molecule has 3 heterocycles. The number of hydrogen-bond acceptors (Lipinski definition) is 5. The number of carbonyl (C=O) groups is 2. The maximum Gasteiger partial charge on any atom is 0.219 e. The fourth-order valence-electron chi connectivity index (χ4n) is 6.71. The number of benzene rings is 1. The Kier molecular flexibility index (Phi) is 9.97. The molecule has 0 saturated carbocycles. The van der Waals surface area contributed by atoms with Crippen LogP contribution in [0.3, 0.4) is 0 Å². The number of carbonyl (C=O) groups excluding carboxylic acids is 2. The minimum atomic E-state index is -0.0175. The summed E-state index contributed by atoms with van der Waals surface area (Å²) in [6.07, 6.45) is 9.53. The Hall–Kier alpha value is -3.34. The number of H-pyrrole nitrogens is 1. The second-order valence-corrected chi connectivity index (χ2v) is 11.8. The molecule has 0 radical (unpaired) electrons. The molecule has 5 rings (SSSR count). The maximum absolute atomic E-state index is 13.5. The first-order valence-corrected chi connectivity index (χ1v) is 15.2. The molecule has 0 bridgehead atoms. The van der Waals surface area contributed by atoms with Gasteiger partial charge in [-0.05, 0) is 68.8 Å². The molecule has 0 spiro atoms. The first-order valence-electron chi connectivity index (χ1n) is 15.2. The van der Waals surface area contributed by atoms with Gasteiger partial charge in [0.05, 0.1) is 13.7 Å². The predicted octanol–water partition coefficient (Wildman–Crippen LogP) is 4.89. The van der Waals surface area contributed by atoms with E-state index < -0.39 is 0 Å². The van der Waals surface area contributed by atoms with Crippen LogP contribution in [0.1, 0.15) is 56.6 Å². The molecule has 0 unspecified atom stereocenters.